The molecule has 1 N–H and O–H groups in total. The van der Waals surface area contributed by atoms with E-state index in [0.29, 0.717) is 36.0 Å². The number of nitrogens with zero attached hydrogens (tertiary/aromatic N) is 2. The second-order valence-corrected chi connectivity index (χ2v) is 9.21. The van der Waals surface area contributed by atoms with Crippen LogP contribution in [0.25, 0.3) is 0 Å². The molecule has 1 aromatic carbocycles. The maximum absolute atomic E-state index is 10.5. The van der Waals surface area contributed by atoms with Crippen LogP contribution in [-0.4, -0.2) is 93.9 Å². The average Bonchev–Trinajstić information content (AvgIpc) is 2.94. The van der Waals surface area contributed by atoms with E-state index >= 15 is 0 Å². The van der Waals surface area contributed by atoms with Crippen LogP contribution in [0.2, 0.25) is 0 Å². The third-order valence-corrected chi connectivity index (χ3v) is 6.94. The van der Waals surface area contributed by atoms with E-state index in [2.05, 4.69) is 21.9 Å². The number of likely N-dealkylation sites (tertiary alicyclic amines) is 1. The van der Waals surface area contributed by atoms with Gasteiger partial charge in [0.15, 0.2) is 11.5 Å². The van der Waals surface area contributed by atoms with Crippen molar-refractivity contribution in [2.75, 3.05) is 66.8 Å². The van der Waals surface area contributed by atoms with Crippen LogP contribution in [0.4, 0.5) is 0 Å². The van der Waals surface area contributed by atoms with Gasteiger partial charge in [0.1, 0.15) is 12.7 Å². The lowest BCUT2D eigenvalue weighted by molar-refractivity contribution is -0.0180. The highest BCUT2D eigenvalue weighted by atomic mass is 16.5. The Labute approximate surface area is 186 Å². The van der Waals surface area contributed by atoms with Crippen LogP contribution in [-0.2, 0) is 16.0 Å². The fourth-order valence-electron chi connectivity index (χ4n) is 5.49. The van der Waals surface area contributed by atoms with Crippen LogP contribution in [0.3, 0.4) is 0 Å². The smallest absolute Gasteiger partial charge is 0.161 e. The summed E-state index contributed by atoms with van der Waals surface area (Å²) in [6, 6.07) is 6.15. The minimum Gasteiger partial charge on any atom is -0.493 e. The number of fused-ring (bicyclic) bond motifs is 2. The van der Waals surface area contributed by atoms with Crippen molar-refractivity contribution in [2.45, 2.75) is 38.0 Å². The van der Waals surface area contributed by atoms with Gasteiger partial charge in [-0.2, -0.15) is 0 Å². The van der Waals surface area contributed by atoms with Gasteiger partial charge in [0.05, 0.1) is 19.8 Å². The molecule has 0 aromatic heterocycles. The number of hydrogen-bond donors (Lipinski definition) is 1. The van der Waals surface area contributed by atoms with Crippen LogP contribution in [0.15, 0.2) is 18.2 Å². The number of benzene rings is 1. The van der Waals surface area contributed by atoms with Gasteiger partial charge in [-0.15, -0.1) is 0 Å². The SMILES string of the molecule is COc1ccc(CN2C[C@H]3CC[C@@H](C2)C3OC)cc1OCC(O)CN1CCCOCC1. The number of hydrogen-bond acceptors (Lipinski definition) is 7. The molecule has 7 nitrogen and oxygen atoms in total. The molecule has 2 unspecified atom stereocenters. The van der Waals surface area contributed by atoms with Crippen LogP contribution in [0.5, 0.6) is 11.5 Å². The lowest BCUT2D eigenvalue weighted by Gasteiger charge is -2.37. The molecule has 3 fully saturated rings. The van der Waals surface area contributed by atoms with Gasteiger partial charge in [0.25, 0.3) is 0 Å². The van der Waals surface area contributed by atoms with Gasteiger partial charge in [-0.3, -0.25) is 9.80 Å². The molecule has 1 aliphatic carbocycles. The maximum Gasteiger partial charge on any atom is 0.161 e. The quantitative estimate of drug-likeness (QED) is 0.638. The normalized spacial score (nSPS) is 28.3. The molecule has 174 valence electrons. The Morgan fingerprint density at radius 1 is 1.06 bits per heavy atom. The molecule has 3 aliphatic rings. The van der Waals surface area contributed by atoms with Crippen LogP contribution in [0, 0.1) is 11.8 Å². The molecule has 2 saturated heterocycles. The van der Waals surface area contributed by atoms with E-state index in [-0.39, 0.29) is 6.61 Å². The van der Waals surface area contributed by atoms with Crippen molar-refractivity contribution in [3.8, 4) is 11.5 Å². The van der Waals surface area contributed by atoms with Gasteiger partial charge in [-0.05, 0) is 48.8 Å². The fraction of sp³-hybridized carbons (Fsp3) is 0.750. The predicted molar refractivity (Wildman–Crippen MR) is 119 cm³/mol. The second-order valence-electron chi connectivity index (χ2n) is 9.21. The van der Waals surface area contributed by atoms with Crippen LogP contribution >= 0.6 is 0 Å². The molecule has 31 heavy (non-hydrogen) atoms. The van der Waals surface area contributed by atoms with E-state index in [1.165, 1.54) is 18.4 Å². The molecule has 1 aromatic rings. The lowest BCUT2D eigenvalue weighted by atomic mass is 9.94. The predicted octanol–water partition coefficient (Wildman–Crippen LogP) is 2.01. The Balaban J connectivity index is 1.32. The minimum atomic E-state index is -0.546. The van der Waals surface area contributed by atoms with Crippen molar-refractivity contribution in [3.05, 3.63) is 23.8 Å². The molecule has 4 atom stereocenters. The molecule has 2 aliphatic heterocycles. The molecule has 4 rings (SSSR count). The van der Waals surface area contributed by atoms with Crippen LogP contribution in [0.1, 0.15) is 24.8 Å². The van der Waals surface area contributed by atoms with E-state index in [1.807, 2.05) is 13.2 Å². The zero-order valence-electron chi connectivity index (χ0n) is 19.0. The molecule has 0 spiro atoms. The van der Waals surface area contributed by atoms with Crippen molar-refractivity contribution in [3.63, 3.8) is 0 Å². The van der Waals surface area contributed by atoms with Crippen LogP contribution < -0.4 is 9.47 Å². The van der Waals surface area contributed by atoms with Crippen molar-refractivity contribution in [1.82, 2.24) is 9.80 Å². The molecular formula is C24H38N2O5. The highest BCUT2D eigenvalue weighted by Gasteiger charge is 2.42. The topological polar surface area (TPSA) is 63.6 Å². The van der Waals surface area contributed by atoms with E-state index in [0.717, 1.165) is 52.4 Å². The number of aliphatic hydroxyl groups excluding tert-OH is 1. The van der Waals surface area contributed by atoms with Gasteiger partial charge >= 0.3 is 0 Å². The number of β-amino-alcohol motifs (C(OH)–C–C–N with tert-alkyl or cyclic N) is 1. The van der Waals surface area contributed by atoms with Crippen molar-refractivity contribution in [1.29, 1.82) is 0 Å². The van der Waals surface area contributed by atoms with E-state index in [4.69, 9.17) is 18.9 Å². The first kappa shape index (κ1) is 22.8. The first-order valence-corrected chi connectivity index (χ1v) is 11.7. The average molecular weight is 435 g/mol. The van der Waals surface area contributed by atoms with E-state index in [9.17, 15) is 5.11 Å². The Morgan fingerprint density at radius 3 is 2.61 bits per heavy atom. The molecule has 0 radical (unpaired) electrons. The minimum absolute atomic E-state index is 0.251. The van der Waals surface area contributed by atoms with Crippen molar-refractivity contribution >= 4 is 0 Å². The number of piperidine rings is 1. The first-order chi connectivity index (χ1) is 15.2. The summed E-state index contributed by atoms with van der Waals surface area (Å²) in [7, 11) is 3.51. The molecule has 1 saturated carbocycles. The van der Waals surface area contributed by atoms with Crippen molar-refractivity contribution < 1.29 is 24.1 Å². The van der Waals surface area contributed by atoms with E-state index in [1.54, 1.807) is 7.11 Å². The van der Waals surface area contributed by atoms with Gasteiger partial charge < -0.3 is 24.1 Å². The fourth-order valence-corrected chi connectivity index (χ4v) is 5.49. The van der Waals surface area contributed by atoms with Gasteiger partial charge in [-0.1, -0.05) is 6.07 Å². The summed E-state index contributed by atoms with van der Waals surface area (Å²) < 4.78 is 22.7. The van der Waals surface area contributed by atoms with Gasteiger partial charge in [0.2, 0.25) is 0 Å². The number of aliphatic hydroxyl groups is 1. The zero-order valence-corrected chi connectivity index (χ0v) is 19.0. The summed E-state index contributed by atoms with van der Waals surface area (Å²) in [4.78, 5) is 4.78. The van der Waals surface area contributed by atoms with Gasteiger partial charge in [-0.25, -0.2) is 0 Å². The molecule has 0 amide bonds. The summed E-state index contributed by atoms with van der Waals surface area (Å²) in [5.41, 5.74) is 1.21. The lowest BCUT2D eigenvalue weighted by Crippen LogP contribution is -2.45. The first-order valence-electron chi connectivity index (χ1n) is 11.7. The van der Waals surface area contributed by atoms with E-state index < -0.39 is 6.10 Å². The molecule has 7 heteroatoms. The standard InChI is InChI=1S/C24H38N2O5/c1-28-22-7-4-18(13-26-14-19-5-6-20(15-26)24(19)29-2)12-23(22)31-17-21(27)16-25-8-3-10-30-11-9-25/h4,7,12,19-21,24,27H,3,5-6,8-11,13-17H2,1-2H3/t19-,20+,21?,24?. The molecule has 2 bridgehead atoms. The second kappa shape index (κ2) is 11.0. The largest absolute Gasteiger partial charge is 0.493 e. The zero-order chi connectivity index (χ0) is 21.6. The summed E-state index contributed by atoms with van der Waals surface area (Å²) in [6.45, 7) is 7.29. The maximum atomic E-state index is 10.5. The Bertz CT molecular complexity index is 681. The molecule has 2 heterocycles. The third kappa shape index (κ3) is 5.90. The van der Waals surface area contributed by atoms with Gasteiger partial charge in [0, 0.05) is 53.0 Å². The molecular weight excluding hydrogens is 396 g/mol. The highest BCUT2D eigenvalue weighted by Crippen LogP contribution is 2.39. The summed E-state index contributed by atoms with van der Waals surface area (Å²) in [5.74, 6) is 2.71. The summed E-state index contributed by atoms with van der Waals surface area (Å²) >= 11 is 0. The number of ether oxygens (including phenoxy) is 4. The number of rotatable bonds is 9. The monoisotopic (exact) mass is 434 g/mol. The third-order valence-electron chi connectivity index (χ3n) is 6.94. The summed E-state index contributed by atoms with van der Waals surface area (Å²) in [5, 5.41) is 10.5. The summed E-state index contributed by atoms with van der Waals surface area (Å²) in [6.07, 6.45) is 3.45. The Hall–Kier alpha value is -1.38. The highest BCUT2D eigenvalue weighted by molar-refractivity contribution is 5.43. The Morgan fingerprint density at radius 2 is 1.87 bits per heavy atom. The van der Waals surface area contributed by atoms with Crippen molar-refractivity contribution in [2.24, 2.45) is 11.8 Å². The Kier molecular flexibility index (Phi) is 8.07. The number of methoxy groups -OCH3 is 2.